The van der Waals surface area contributed by atoms with Gasteiger partial charge in [-0.05, 0) is 37.3 Å². The molecule has 2 aromatic rings. The first-order chi connectivity index (χ1) is 10.5. The molecule has 0 spiro atoms. The van der Waals surface area contributed by atoms with Crippen LogP contribution >= 0.6 is 0 Å². The number of H-pyrrole nitrogens is 1. The molecule has 0 aliphatic heterocycles. The average Bonchev–Trinajstić information content (AvgIpc) is 2.99. The lowest BCUT2D eigenvalue weighted by Crippen LogP contribution is -2.12. The molecule has 0 saturated heterocycles. The SMILES string of the molecule is CCOc1ccc(NS(=O)(=O)c2c[nH]c(C(=O)OC)c2)cc1. The molecule has 0 fully saturated rings. The molecule has 0 bridgehead atoms. The minimum Gasteiger partial charge on any atom is -0.494 e. The Bertz CT molecular complexity index is 750. The maximum atomic E-state index is 12.2. The van der Waals surface area contributed by atoms with Gasteiger partial charge < -0.3 is 14.5 Å². The first kappa shape index (κ1) is 15.9. The predicted octanol–water partition coefficient (Wildman–Crippen LogP) is 2.00. The van der Waals surface area contributed by atoms with Crippen LogP contribution in [0.5, 0.6) is 5.75 Å². The zero-order chi connectivity index (χ0) is 16.2. The van der Waals surface area contributed by atoms with Crippen LogP contribution in [0.25, 0.3) is 0 Å². The van der Waals surface area contributed by atoms with Crippen LogP contribution < -0.4 is 9.46 Å². The van der Waals surface area contributed by atoms with Crippen molar-refractivity contribution in [1.29, 1.82) is 0 Å². The first-order valence-corrected chi connectivity index (χ1v) is 7.97. The van der Waals surface area contributed by atoms with E-state index < -0.39 is 16.0 Å². The quantitative estimate of drug-likeness (QED) is 0.792. The fraction of sp³-hybridized carbons (Fsp3) is 0.214. The van der Waals surface area contributed by atoms with Crippen molar-refractivity contribution < 1.29 is 22.7 Å². The molecule has 1 aromatic carbocycles. The Hall–Kier alpha value is -2.48. The van der Waals surface area contributed by atoms with Crippen LogP contribution in [0.3, 0.4) is 0 Å². The van der Waals surface area contributed by atoms with Gasteiger partial charge in [-0.3, -0.25) is 4.72 Å². The highest BCUT2D eigenvalue weighted by molar-refractivity contribution is 7.92. The van der Waals surface area contributed by atoms with Gasteiger partial charge in [-0.25, -0.2) is 13.2 Å². The third-order valence-corrected chi connectivity index (χ3v) is 4.15. The molecule has 0 amide bonds. The number of hydrogen-bond donors (Lipinski definition) is 2. The summed E-state index contributed by atoms with van der Waals surface area (Å²) in [5, 5.41) is 0. The molecule has 1 aromatic heterocycles. The third kappa shape index (κ3) is 3.59. The number of carbonyl (C=O) groups excluding carboxylic acids is 1. The maximum absolute atomic E-state index is 12.2. The lowest BCUT2D eigenvalue weighted by molar-refractivity contribution is 0.0594. The van der Waals surface area contributed by atoms with Crippen molar-refractivity contribution in [3.8, 4) is 5.75 Å². The number of methoxy groups -OCH3 is 1. The number of aromatic amines is 1. The highest BCUT2D eigenvalue weighted by Gasteiger charge is 2.18. The molecule has 22 heavy (non-hydrogen) atoms. The van der Waals surface area contributed by atoms with Crippen molar-refractivity contribution >= 4 is 21.7 Å². The Labute approximate surface area is 128 Å². The van der Waals surface area contributed by atoms with Crippen LogP contribution in [0.1, 0.15) is 17.4 Å². The van der Waals surface area contributed by atoms with Gasteiger partial charge in [0.1, 0.15) is 16.3 Å². The topological polar surface area (TPSA) is 97.5 Å². The number of nitrogens with one attached hydrogen (secondary N) is 2. The normalized spacial score (nSPS) is 11.0. The average molecular weight is 324 g/mol. The maximum Gasteiger partial charge on any atom is 0.354 e. The minimum atomic E-state index is -3.79. The van der Waals surface area contributed by atoms with Crippen LogP contribution in [-0.2, 0) is 14.8 Å². The Kier molecular flexibility index (Phi) is 4.71. The van der Waals surface area contributed by atoms with Gasteiger partial charge in [0.25, 0.3) is 10.0 Å². The van der Waals surface area contributed by atoms with Gasteiger partial charge in [0, 0.05) is 11.9 Å². The molecule has 0 aliphatic rings. The summed E-state index contributed by atoms with van der Waals surface area (Å²) < 4.78 is 36.7. The Balaban J connectivity index is 2.16. The molecular formula is C14H16N2O5S. The van der Waals surface area contributed by atoms with Crippen molar-refractivity contribution in [3.05, 3.63) is 42.2 Å². The number of hydrogen-bond acceptors (Lipinski definition) is 5. The van der Waals surface area contributed by atoms with E-state index in [9.17, 15) is 13.2 Å². The molecule has 0 unspecified atom stereocenters. The molecule has 8 heteroatoms. The fourth-order valence-corrected chi connectivity index (χ4v) is 2.81. The number of carbonyl (C=O) groups is 1. The van der Waals surface area contributed by atoms with E-state index in [-0.39, 0.29) is 10.6 Å². The van der Waals surface area contributed by atoms with Crippen molar-refractivity contribution in [3.63, 3.8) is 0 Å². The van der Waals surface area contributed by atoms with Crippen LogP contribution in [0.4, 0.5) is 5.69 Å². The van der Waals surface area contributed by atoms with Gasteiger partial charge in [-0.2, -0.15) is 0 Å². The number of aromatic nitrogens is 1. The summed E-state index contributed by atoms with van der Waals surface area (Å²) in [6.07, 6.45) is 1.23. The summed E-state index contributed by atoms with van der Waals surface area (Å²) >= 11 is 0. The summed E-state index contributed by atoms with van der Waals surface area (Å²) in [6.45, 7) is 2.39. The first-order valence-electron chi connectivity index (χ1n) is 6.48. The van der Waals surface area contributed by atoms with Crippen LogP contribution in [0.2, 0.25) is 0 Å². The van der Waals surface area contributed by atoms with E-state index >= 15 is 0 Å². The number of rotatable bonds is 6. The summed E-state index contributed by atoms with van der Waals surface area (Å²) in [5.41, 5.74) is 0.457. The van der Waals surface area contributed by atoms with Crippen LogP contribution in [0, 0.1) is 0 Å². The van der Waals surface area contributed by atoms with Crippen LogP contribution in [-0.4, -0.2) is 33.1 Å². The molecule has 0 aliphatic carbocycles. The molecule has 2 rings (SSSR count). The summed E-state index contributed by atoms with van der Waals surface area (Å²) in [6, 6.07) is 7.73. The monoisotopic (exact) mass is 324 g/mol. The van der Waals surface area contributed by atoms with Gasteiger partial charge in [0.2, 0.25) is 0 Å². The van der Waals surface area contributed by atoms with E-state index in [0.29, 0.717) is 18.0 Å². The van der Waals surface area contributed by atoms with Crippen molar-refractivity contribution in [2.45, 2.75) is 11.8 Å². The second-order valence-electron chi connectivity index (χ2n) is 4.30. The van der Waals surface area contributed by atoms with Gasteiger partial charge in [0.05, 0.1) is 13.7 Å². The summed E-state index contributed by atoms with van der Waals surface area (Å²) in [4.78, 5) is 13.8. The highest BCUT2D eigenvalue weighted by Crippen LogP contribution is 2.20. The summed E-state index contributed by atoms with van der Waals surface area (Å²) in [5.74, 6) is 0.0163. The molecule has 0 saturated carbocycles. The van der Waals surface area contributed by atoms with Crippen molar-refractivity contribution in [2.75, 3.05) is 18.4 Å². The summed E-state index contributed by atoms with van der Waals surface area (Å²) in [7, 11) is -2.57. The number of anilines is 1. The van der Waals surface area contributed by atoms with E-state index in [2.05, 4.69) is 14.4 Å². The van der Waals surface area contributed by atoms with Crippen molar-refractivity contribution in [1.82, 2.24) is 4.98 Å². The lowest BCUT2D eigenvalue weighted by atomic mass is 10.3. The zero-order valence-corrected chi connectivity index (χ0v) is 12.9. The molecule has 118 valence electrons. The van der Waals surface area contributed by atoms with E-state index in [1.165, 1.54) is 19.4 Å². The van der Waals surface area contributed by atoms with E-state index in [0.717, 1.165) is 0 Å². The Morgan fingerprint density at radius 2 is 1.95 bits per heavy atom. The molecular weight excluding hydrogens is 308 g/mol. The second kappa shape index (κ2) is 6.52. The molecule has 1 heterocycles. The number of ether oxygens (including phenoxy) is 2. The molecule has 2 N–H and O–H groups in total. The van der Waals surface area contributed by atoms with Gasteiger partial charge in [-0.1, -0.05) is 0 Å². The van der Waals surface area contributed by atoms with Crippen LogP contribution in [0.15, 0.2) is 41.4 Å². The number of esters is 1. The predicted molar refractivity (Wildman–Crippen MR) is 80.6 cm³/mol. The largest absolute Gasteiger partial charge is 0.494 e. The van der Waals surface area contributed by atoms with Gasteiger partial charge in [0.15, 0.2) is 0 Å². The second-order valence-corrected chi connectivity index (χ2v) is 5.99. The van der Waals surface area contributed by atoms with E-state index in [1.54, 1.807) is 24.3 Å². The van der Waals surface area contributed by atoms with Crippen molar-refractivity contribution in [2.24, 2.45) is 0 Å². The lowest BCUT2D eigenvalue weighted by Gasteiger charge is -2.07. The minimum absolute atomic E-state index is 0.0539. The van der Waals surface area contributed by atoms with Gasteiger partial charge in [-0.15, -0.1) is 0 Å². The third-order valence-electron chi connectivity index (χ3n) is 2.79. The standard InChI is InChI=1S/C14H16N2O5S/c1-3-21-11-6-4-10(5-7-11)16-22(18,19)12-8-13(15-9-12)14(17)20-2/h4-9,15-16H,3H2,1-2H3. The fourth-order valence-electron chi connectivity index (χ4n) is 1.76. The molecule has 7 nitrogen and oxygen atoms in total. The molecule has 0 atom stereocenters. The zero-order valence-electron chi connectivity index (χ0n) is 12.1. The van der Waals surface area contributed by atoms with E-state index in [1.807, 2.05) is 6.92 Å². The van der Waals surface area contributed by atoms with Gasteiger partial charge >= 0.3 is 5.97 Å². The molecule has 0 radical (unpaired) electrons. The Morgan fingerprint density at radius 1 is 1.27 bits per heavy atom. The highest BCUT2D eigenvalue weighted by atomic mass is 32.2. The number of sulfonamides is 1. The Morgan fingerprint density at radius 3 is 2.55 bits per heavy atom. The van der Waals surface area contributed by atoms with E-state index in [4.69, 9.17) is 4.74 Å². The number of benzene rings is 1. The smallest absolute Gasteiger partial charge is 0.354 e.